The van der Waals surface area contributed by atoms with Gasteiger partial charge in [-0.2, -0.15) is 0 Å². The maximum atomic E-state index is 4.73. The Hall–Kier alpha value is -13.2. The van der Waals surface area contributed by atoms with Crippen molar-refractivity contribution in [1.29, 1.82) is 0 Å². The van der Waals surface area contributed by atoms with Gasteiger partial charge in [-0.05, 0) is 201 Å². The molecular formula is C92H58N6. The van der Waals surface area contributed by atoms with Gasteiger partial charge in [0, 0.05) is 48.3 Å². The highest BCUT2D eigenvalue weighted by Gasteiger charge is 2.21. The smallest absolute Gasteiger partial charge is 0.234 e. The Morgan fingerprint density at radius 3 is 0.786 bits per heavy atom. The van der Waals surface area contributed by atoms with Gasteiger partial charge in [0.05, 0.1) is 11.4 Å². The summed E-state index contributed by atoms with van der Waals surface area (Å²) in [7, 11) is 0. The lowest BCUT2D eigenvalue weighted by Gasteiger charge is -2.19. The first-order valence-corrected chi connectivity index (χ1v) is 33.3. The monoisotopic (exact) mass is 1250 g/mol. The van der Waals surface area contributed by atoms with E-state index < -0.39 is 0 Å². The van der Waals surface area contributed by atoms with Crippen LogP contribution in [0.3, 0.4) is 0 Å². The number of nitrogens with zero attached hydrogens (tertiary/aromatic N) is 6. The van der Waals surface area contributed by atoms with Crippen LogP contribution in [0.25, 0.3) is 187 Å². The molecule has 0 bridgehead atoms. The van der Waals surface area contributed by atoms with Gasteiger partial charge in [-0.15, -0.1) is 0 Å². The lowest BCUT2D eigenvalue weighted by atomic mass is 9.84. The van der Waals surface area contributed by atoms with Crippen LogP contribution in [-0.2, 0) is 0 Å². The molecule has 0 fully saturated rings. The molecule has 0 spiro atoms. The number of hydrogen-bond acceptors (Lipinski definition) is 4. The van der Waals surface area contributed by atoms with Crippen molar-refractivity contribution in [1.82, 2.24) is 28.7 Å². The Morgan fingerprint density at radius 2 is 0.459 bits per heavy atom. The van der Waals surface area contributed by atoms with Gasteiger partial charge in [-0.3, -0.25) is 8.80 Å². The van der Waals surface area contributed by atoms with Crippen LogP contribution in [0.5, 0.6) is 0 Å². The molecule has 4 heterocycles. The van der Waals surface area contributed by atoms with Gasteiger partial charge in [0.15, 0.2) is 0 Å². The molecule has 98 heavy (non-hydrogen) atoms. The minimum absolute atomic E-state index is 0.701. The van der Waals surface area contributed by atoms with Crippen LogP contribution in [0.2, 0.25) is 0 Å². The zero-order valence-corrected chi connectivity index (χ0v) is 53.2. The van der Waals surface area contributed by atoms with Crippen LogP contribution in [0.4, 0.5) is 0 Å². The highest BCUT2D eigenvalue weighted by Crippen LogP contribution is 2.48. The molecule has 0 unspecified atom stereocenters. The standard InChI is InChI=1S/2C46H29N3/c2*1-3-10-34-26-37(20-16-30(34)8-1)44-39-12-5-6-13-40(39)45(38-21-17-31-9-2-4-11-35(31)27-38)42-28-36(22-23-41(42)44)32-14-18-33(19-15-32)43-29-49-25-7-24-47-46(49)48-43/h2*1-29H. The molecule has 6 heteroatoms. The van der Waals surface area contributed by atoms with Crippen LogP contribution >= 0.6 is 0 Å². The fraction of sp³-hybridized carbons (Fsp3) is 0. The van der Waals surface area contributed by atoms with E-state index in [2.05, 4.69) is 313 Å². The van der Waals surface area contributed by atoms with E-state index in [0.717, 1.165) is 33.6 Å². The molecule has 20 aromatic rings. The maximum absolute atomic E-state index is 4.73. The van der Waals surface area contributed by atoms with Gasteiger partial charge >= 0.3 is 0 Å². The van der Waals surface area contributed by atoms with E-state index in [1.54, 1.807) is 12.4 Å². The van der Waals surface area contributed by atoms with Gasteiger partial charge in [0.2, 0.25) is 11.6 Å². The predicted octanol–water partition coefficient (Wildman–Crippen LogP) is 24.0. The summed E-state index contributed by atoms with van der Waals surface area (Å²) in [4.78, 5) is 18.2. The van der Waals surface area contributed by atoms with Crippen molar-refractivity contribution in [2.45, 2.75) is 0 Å². The Kier molecular flexibility index (Phi) is 13.5. The zero-order valence-electron chi connectivity index (χ0n) is 53.2. The van der Waals surface area contributed by atoms with Crippen molar-refractivity contribution >= 4 is 97.7 Å². The van der Waals surface area contributed by atoms with Crippen LogP contribution < -0.4 is 0 Å². The topological polar surface area (TPSA) is 60.4 Å². The van der Waals surface area contributed by atoms with E-state index >= 15 is 0 Å². The molecule has 20 rings (SSSR count). The lowest BCUT2D eigenvalue weighted by molar-refractivity contribution is 1.11. The molecule has 0 atom stereocenters. The normalized spacial score (nSPS) is 11.7. The summed E-state index contributed by atoms with van der Waals surface area (Å²) in [6, 6.07) is 115. The first kappa shape index (κ1) is 56.4. The Balaban J connectivity index is 0.000000137. The molecule has 0 saturated carbocycles. The number of benzene rings is 16. The van der Waals surface area contributed by atoms with Crippen LogP contribution in [0.1, 0.15) is 0 Å². The van der Waals surface area contributed by atoms with E-state index in [1.807, 2.05) is 45.7 Å². The molecule has 0 radical (unpaired) electrons. The SMILES string of the molecule is c1ccc2cc(-c3c4ccccc4c(-c4ccc5ccccc5c4)c4cc(-c5ccc(-c6cn7cccnc7n6)cc5)ccc34)ccc2c1.c1ccc2cc(-c3c4ccccc4c(-c4ccc5ccccc5c4)c4cc(-c5ccc(-c6cn7cccnc7n6)cc5)ccc34)ccc2c1. The zero-order chi connectivity index (χ0) is 64.6. The first-order chi connectivity index (χ1) is 48.5. The predicted molar refractivity (Wildman–Crippen MR) is 410 cm³/mol. The molecule has 0 amide bonds. The van der Waals surface area contributed by atoms with Crippen molar-refractivity contribution in [2.24, 2.45) is 0 Å². The summed E-state index contributed by atoms with van der Waals surface area (Å²) in [6.07, 6.45) is 11.6. The summed E-state index contributed by atoms with van der Waals surface area (Å²) >= 11 is 0. The number of aromatic nitrogens is 6. The second-order valence-corrected chi connectivity index (χ2v) is 25.4. The van der Waals surface area contributed by atoms with E-state index in [4.69, 9.17) is 9.97 Å². The maximum Gasteiger partial charge on any atom is 0.234 e. The minimum atomic E-state index is 0.701. The molecule has 456 valence electrons. The van der Waals surface area contributed by atoms with Crippen LogP contribution in [0.15, 0.2) is 353 Å². The van der Waals surface area contributed by atoms with Gasteiger partial charge in [-0.1, -0.05) is 267 Å². The van der Waals surface area contributed by atoms with Crippen molar-refractivity contribution in [3.05, 3.63) is 353 Å². The quantitative estimate of drug-likeness (QED) is 0.142. The fourth-order valence-electron chi connectivity index (χ4n) is 14.9. The van der Waals surface area contributed by atoms with Crippen molar-refractivity contribution in [3.8, 4) is 89.3 Å². The molecule has 0 N–H and O–H groups in total. The number of imidazole rings is 2. The molecule has 4 aromatic heterocycles. The van der Waals surface area contributed by atoms with Gasteiger partial charge in [0.1, 0.15) is 0 Å². The highest BCUT2D eigenvalue weighted by atomic mass is 15.1. The molecule has 6 nitrogen and oxygen atoms in total. The fourth-order valence-corrected chi connectivity index (χ4v) is 14.9. The second-order valence-electron chi connectivity index (χ2n) is 25.4. The third-order valence-corrected chi connectivity index (χ3v) is 19.7. The summed E-state index contributed by atoms with van der Waals surface area (Å²) < 4.78 is 3.91. The number of hydrogen-bond donors (Lipinski definition) is 0. The Labute approximate surface area is 565 Å². The third-order valence-electron chi connectivity index (χ3n) is 19.7. The average Bonchev–Trinajstić information content (AvgIpc) is 0.857. The molecule has 0 aliphatic heterocycles. The summed E-state index contributed by atoms with van der Waals surface area (Å²) in [5.41, 5.74) is 18.6. The lowest BCUT2D eigenvalue weighted by Crippen LogP contribution is -1.92. The largest absolute Gasteiger partial charge is 0.291 e. The summed E-state index contributed by atoms with van der Waals surface area (Å²) in [5, 5.41) is 19.9. The summed E-state index contributed by atoms with van der Waals surface area (Å²) in [5.74, 6) is 1.40. The number of rotatable bonds is 8. The average molecular weight is 1250 g/mol. The van der Waals surface area contributed by atoms with Gasteiger partial charge in [0.25, 0.3) is 0 Å². The Bertz CT molecular complexity index is 6090. The van der Waals surface area contributed by atoms with Gasteiger partial charge < -0.3 is 0 Å². The van der Waals surface area contributed by atoms with Crippen molar-refractivity contribution < 1.29 is 0 Å². The van der Waals surface area contributed by atoms with E-state index in [9.17, 15) is 0 Å². The van der Waals surface area contributed by atoms with Crippen LogP contribution in [0, 0.1) is 0 Å². The second kappa shape index (κ2) is 23.4. The molecule has 16 aromatic carbocycles. The third kappa shape index (κ3) is 9.89. The van der Waals surface area contributed by atoms with Gasteiger partial charge in [-0.25, -0.2) is 19.9 Å². The minimum Gasteiger partial charge on any atom is -0.291 e. The van der Waals surface area contributed by atoms with Crippen molar-refractivity contribution in [2.75, 3.05) is 0 Å². The molecule has 0 aliphatic carbocycles. The van der Waals surface area contributed by atoms with E-state index in [0.29, 0.717) is 11.6 Å². The van der Waals surface area contributed by atoms with Crippen LogP contribution in [-0.4, -0.2) is 28.7 Å². The Morgan fingerprint density at radius 1 is 0.194 bits per heavy atom. The van der Waals surface area contributed by atoms with E-state index in [1.165, 1.54) is 142 Å². The first-order valence-electron chi connectivity index (χ1n) is 33.3. The molecule has 0 saturated heterocycles. The molecule has 0 aliphatic rings. The number of fused-ring (bicyclic) bond motifs is 10. The van der Waals surface area contributed by atoms with E-state index in [-0.39, 0.29) is 0 Å². The van der Waals surface area contributed by atoms with Crippen molar-refractivity contribution in [3.63, 3.8) is 0 Å². The highest BCUT2D eigenvalue weighted by molar-refractivity contribution is 6.24. The molecular weight excluding hydrogens is 1190 g/mol. The summed E-state index contributed by atoms with van der Waals surface area (Å²) in [6.45, 7) is 0.